The molecule has 0 aliphatic carbocycles. The molecule has 23 heavy (non-hydrogen) atoms. The third kappa shape index (κ3) is 4.49. The molecule has 1 amide bonds. The van der Waals surface area contributed by atoms with Gasteiger partial charge in [0.1, 0.15) is 5.82 Å². The highest BCUT2D eigenvalue weighted by Crippen LogP contribution is 2.21. The molecule has 2 heterocycles. The molecular formula is C15H17N3O4S. The maximum atomic E-state index is 11.8. The lowest BCUT2D eigenvalue weighted by Gasteiger charge is -2.16. The van der Waals surface area contributed by atoms with Gasteiger partial charge in [-0.1, -0.05) is 20.8 Å². The second-order valence-corrected chi connectivity index (χ2v) is 6.58. The molecule has 7 nitrogen and oxygen atoms in total. The van der Waals surface area contributed by atoms with Crippen LogP contribution >= 0.6 is 11.3 Å². The highest BCUT2D eigenvalue weighted by atomic mass is 32.1. The summed E-state index contributed by atoms with van der Waals surface area (Å²) in [6, 6.07) is 0. The van der Waals surface area contributed by atoms with Crippen LogP contribution in [0.3, 0.4) is 0 Å². The standard InChI is InChI=1S/C15H17N3O4S/c1-15(2,3)14-16-4-9(5-17-14)22-6-12(19)18-11-8-23-7-10(11)13(20)21/h4-5,7-8H,6H2,1-3H3,(H,18,19)(H,20,21). The summed E-state index contributed by atoms with van der Waals surface area (Å²) in [6.07, 6.45) is 3.02. The number of aromatic carboxylic acids is 1. The van der Waals surface area contributed by atoms with Gasteiger partial charge in [0, 0.05) is 16.2 Å². The molecule has 0 bridgehead atoms. The van der Waals surface area contributed by atoms with Crippen LogP contribution in [0.25, 0.3) is 0 Å². The number of nitrogens with zero attached hydrogens (tertiary/aromatic N) is 2. The summed E-state index contributed by atoms with van der Waals surface area (Å²) < 4.78 is 5.30. The minimum Gasteiger partial charge on any atom is -0.481 e. The van der Waals surface area contributed by atoms with Crippen LogP contribution in [-0.2, 0) is 10.2 Å². The monoisotopic (exact) mass is 335 g/mol. The van der Waals surface area contributed by atoms with Crippen LogP contribution in [0.2, 0.25) is 0 Å². The molecule has 2 rings (SSSR count). The summed E-state index contributed by atoms with van der Waals surface area (Å²) >= 11 is 1.20. The Hall–Kier alpha value is -2.48. The fourth-order valence-electron chi connectivity index (χ4n) is 1.67. The average molecular weight is 335 g/mol. The lowest BCUT2D eigenvalue weighted by Crippen LogP contribution is -2.21. The number of rotatable bonds is 5. The minimum absolute atomic E-state index is 0.0567. The Morgan fingerprint density at radius 3 is 2.48 bits per heavy atom. The van der Waals surface area contributed by atoms with Gasteiger partial charge in [0.25, 0.3) is 5.91 Å². The Kier molecular flexibility index (Phi) is 4.95. The van der Waals surface area contributed by atoms with Crippen LogP contribution in [0.4, 0.5) is 5.69 Å². The largest absolute Gasteiger partial charge is 0.481 e. The summed E-state index contributed by atoms with van der Waals surface area (Å²) in [4.78, 5) is 31.2. The molecule has 0 spiro atoms. The molecular weight excluding hydrogens is 318 g/mol. The number of ether oxygens (including phenoxy) is 1. The number of hydrogen-bond donors (Lipinski definition) is 2. The summed E-state index contributed by atoms with van der Waals surface area (Å²) in [5.74, 6) is -0.491. The average Bonchev–Trinajstić information content (AvgIpc) is 2.93. The van der Waals surface area contributed by atoms with Gasteiger partial charge in [0.05, 0.1) is 23.6 Å². The van der Waals surface area contributed by atoms with Gasteiger partial charge in [-0.05, 0) is 0 Å². The van der Waals surface area contributed by atoms with Crippen LogP contribution in [0.5, 0.6) is 5.75 Å². The number of carbonyl (C=O) groups excluding carboxylic acids is 1. The van der Waals surface area contributed by atoms with Crippen molar-refractivity contribution in [3.8, 4) is 5.75 Å². The van der Waals surface area contributed by atoms with E-state index >= 15 is 0 Å². The number of anilines is 1. The molecule has 0 saturated carbocycles. The van der Waals surface area contributed by atoms with Gasteiger partial charge in [-0.25, -0.2) is 14.8 Å². The third-order valence-electron chi connectivity index (χ3n) is 2.84. The Morgan fingerprint density at radius 1 is 1.26 bits per heavy atom. The summed E-state index contributed by atoms with van der Waals surface area (Å²) in [5, 5.41) is 14.5. The zero-order valence-corrected chi connectivity index (χ0v) is 13.8. The first-order chi connectivity index (χ1) is 10.8. The quantitative estimate of drug-likeness (QED) is 0.871. The van der Waals surface area contributed by atoms with E-state index in [9.17, 15) is 9.59 Å². The Balaban J connectivity index is 1.92. The number of carboxylic acids is 1. The second kappa shape index (κ2) is 6.74. The first-order valence-corrected chi connectivity index (χ1v) is 7.76. The van der Waals surface area contributed by atoms with Crippen LogP contribution in [0.15, 0.2) is 23.2 Å². The van der Waals surface area contributed by atoms with Crippen LogP contribution in [-0.4, -0.2) is 33.6 Å². The number of thiophene rings is 1. The highest BCUT2D eigenvalue weighted by Gasteiger charge is 2.17. The third-order valence-corrected chi connectivity index (χ3v) is 3.58. The summed E-state index contributed by atoms with van der Waals surface area (Å²) in [7, 11) is 0. The lowest BCUT2D eigenvalue weighted by atomic mass is 9.96. The van der Waals surface area contributed by atoms with E-state index in [0.29, 0.717) is 11.6 Å². The summed E-state index contributed by atoms with van der Waals surface area (Å²) in [5.41, 5.74) is 0.152. The van der Waals surface area contributed by atoms with Crippen molar-refractivity contribution in [2.24, 2.45) is 0 Å². The van der Waals surface area contributed by atoms with E-state index in [0.717, 1.165) is 0 Å². The van der Waals surface area contributed by atoms with Crippen LogP contribution in [0, 0.1) is 0 Å². The van der Waals surface area contributed by atoms with Gasteiger partial charge < -0.3 is 15.2 Å². The molecule has 2 N–H and O–H groups in total. The van der Waals surface area contributed by atoms with E-state index in [2.05, 4.69) is 15.3 Å². The molecule has 0 aliphatic rings. The number of nitrogens with one attached hydrogen (secondary N) is 1. The molecule has 8 heteroatoms. The molecule has 0 atom stereocenters. The first kappa shape index (κ1) is 16.9. The van der Waals surface area contributed by atoms with Crippen molar-refractivity contribution in [3.63, 3.8) is 0 Å². The van der Waals surface area contributed by atoms with Gasteiger partial charge >= 0.3 is 5.97 Å². The Bertz CT molecular complexity index is 704. The number of hydrogen-bond acceptors (Lipinski definition) is 6. The molecule has 122 valence electrons. The molecule has 0 fully saturated rings. The van der Waals surface area contributed by atoms with Crippen LogP contribution < -0.4 is 10.1 Å². The number of carboxylic acid groups (broad SMARTS) is 1. The first-order valence-electron chi connectivity index (χ1n) is 6.82. The Labute approximate surface area is 137 Å². The van der Waals surface area contributed by atoms with Gasteiger partial charge in [-0.3, -0.25) is 4.79 Å². The maximum Gasteiger partial charge on any atom is 0.338 e. The van der Waals surface area contributed by atoms with Crippen molar-refractivity contribution in [3.05, 3.63) is 34.5 Å². The van der Waals surface area contributed by atoms with E-state index < -0.39 is 11.9 Å². The van der Waals surface area contributed by atoms with Crippen molar-refractivity contribution < 1.29 is 19.4 Å². The SMILES string of the molecule is CC(C)(C)c1ncc(OCC(=O)Nc2cscc2C(=O)O)cn1. The van der Waals surface area contributed by atoms with E-state index in [1.54, 1.807) is 5.38 Å². The molecule has 0 saturated heterocycles. The van der Waals surface area contributed by atoms with Crippen molar-refractivity contribution in [1.29, 1.82) is 0 Å². The molecule has 0 radical (unpaired) electrons. The van der Waals surface area contributed by atoms with Crippen molar-refractivity contribution in [2.45, 2.75) is 26.2 Å². The van der Waals surface area contributed by atoms with Crippen LogP contribution in [0.1, 0.15) is 37.0 Å². The molecule has 2 aromatic rings. The highest BCUT2D eigenvalue weighted by molar-refractivity contribution is 7.08. The fourth-order valence-corrected chi connectivity index (χ4v) is 2.43. The number of aromatic nitrogens is 2. The lowest BCUT2D eigenvalue weighted by molar-refractivity contribution is -0.118. The zero-order valence-electron chi connectivity index (χ0n) is 13.0. The van der Waals surface area contributed by atoms with Gasteiger partial charge in [0.15, 0.2) is 12.4 Å². The molecule has 0 aromatic carbocycles. The molecule has 0 unspecified atom stereocenters. The van der Waals surface area contributed by atoms with Gasteiger partial charge in [-0.2, -0.15) is 0 Å². The predicted octanol–water partition coefficient (Wildman–Crippen LogP) is 2.55. The molecule has 2 aromatic heterocycles. The van der Waals surface area contributed by atoms with Gasteiger partial charge in [-0.15, -0.1) is 11.3 Å². The Morgan fingerprint density at radius 2 is 1.91 bits per heavy atom. The zero-order chi connectivity index (χ0) is 17.0. The van der Waals surface area contributed by atoms with E-state index in [4.69, 9.17) is 9.84 Å². The number of amides is 1. The smallest absolute Gasteiger partial charge is 0.338 e. The number of carbonyl (C=O) groups is 2. The molecule has 0 aliphatic heterocycles. The van der Waals surface area contributed by atoms with Gasteiger partial charge in [0.2, 0.25) is 0 Å². The van der Waals surface area contributed by atoms with Crippen molar-refractivity contribution >= 4 is 28.9 Å². The topological polar surface area (TPSA) is 101 Å². The minimum atomic E-state index is -1.09. The van der Waals surface area contributed by atoms with Crippen molar-refractivity contribution in [2.75, 3.05) is 11.9 Å². The summed E-state index contributed by atoms with van der Waals surface area (Å²) in [6.45, 7) is 5.73. The van der Waals surface area contributed by atoms with E-state index in [1.165, 1.54) is 29.1 Å². The normalized spacial score (nSPS) is 11.1. The van der Waals surface area contributed by atoms with Crippen molar-refractivity contribution in [1.82, 2.24) is 9.97 Å². The fraction of sp³-hybridized carbons (Fsp3) is 0.333. The second-order valence-electron chi connectivity index (χ2n) is 5.83. The van der Waals surface area contributed by atoms with E-state index in [1.807, 2.05) is 20.8 Å². The van der Waals surface area contributed by atoms with E-state index in [-0.39, 0.29) is 23.3 Å². The predicted molar refractivity (Wildman–Crippen MR) is 86.1 cm³/mol. The maximum absolute atomic E-state index is 11.8.